The maximum Gasteiger partial charge on any atom is 0.309 e. The van der Waals surface area contributed by atoms with E-state index >= 15 is 0 Å². The van der Waals surface area contributed by atoms with Gasteiger partial charge in [-0.25, -0.2) is 5.43 Å². The van der Waals surface area contributed by atoms with Gasteiger partial charge in [-0.15, -0.1) is 5.10 Å². The Hall–Kier alpha value is -1.57. The number of hydrazone groups is 1. The number of rotatable bonds is 8. The number of hydrogen-bond donors (Lipinski definition) is 2. The van der Waals surface area contributed by atoms with Crippen LogP contribution in [0.3, 0.4) is 0 Å². The van der Waals surface area contributed by atoms with Crippen molar-refractivity contribution in [1.82, 2.24) is 15.6 Å². The number of amides is 2. The zero-order chi connectivity index (χ0) is 22.9. The maximum atomic E-state index is 13.2. The van der Waals surface area contributed by atoms with E-state index in [1.807, 2.05) is 0 Å². The van der Waals surface area contributed by atoms with E-state index in [0.29, 0.717) is 6.04 Å². The molecule has 0 bridgehead atoms. The quantitative estimate of drug-likeness (QED) is 0.324. The third-order valence-corrected chi connectivity index (χ3v) is 8.44. The number of hydrogen-bond acceptors (Lipinski definition) is 5. The lowest BCUT2D eigenvalue weighted by Crippen LogP contribution is -2.52. The second-order valence-electron chi connectivity index (χ2n) is 9.43. The van der Waals surface area contributed by atoms with Crippen LogP contribution in [0, 0.1) is 11.8 Å². The summed E-state index contributed by atoms with van der Waals surface area (Å²) in [6.45, 7) is 5.03. The molecule has 0 radical (unpaired) electrons. The highest BCUT2D eigenvalue weighted by Gasteiger charge is 2.36. The molecule has 8 heteroatoms. The summed E-state index contributed by atoms with van der Waals surface area (Å²) in [5.74, 6) is -0.397. The zero-order valence-electron chi connectivity index (χ0n) is 19.7. The molecule has 2 amide bonds. The van der Waals surface area contributed by atoms with Crippen LogP contribution in [0.15, 0.2) is 5.10 Å². The number of ketones is 1. The van der Waals surface area contributed by atoms with Crippen LogP contribution in [0.5, 0.6) is 0 Å². The maximum absolute atomic E-state index is 13.2. The van der Waals surface area contributed by atoms with Crippen LogP contribution >= 0.6 is 11.8 Å². The molecule has 0 spiro atoms. The molecule has 2 N–H and O–H groups in total. The Morgan fingerprint density at radius 3 is 2.25 bits per heavy atom. The monoisotopic (exact) mass is 464 g/mol. The Balaban J connectivity index is 1.66. The lowest BCUT2D eigenvalue weighted by Gasteiger charge is -2.30. The summed E-state index contributed by atoms with van der Waals surface area (Å²) in [6, 6.07) is -0.335. The summed E-state index contributed by atoms with van der Waals surface area (Å²) in [7, 11) is 0. The van der Waals surface area contributed by atoms with Crippen LogP contribution in [0.25, 0.3) is 0 Å². The summed E-state index contributed by atoms with van der Waals surface area (Å²) in [6.07, 6.45) is 12.2. The highest BCUT2D eigenvalue weighted by molar-refractivity contribution is 8.14. The number of Topliss-reactive ketones (excluding diaryl/α,β-unsaturated/α-hetero) is 1. The average molecular weight is 465 g/mol. The van der Waals surface area contributed by atoms with E-state index < -0.39 is 17.7 Å². The van der Waals surface area contributed by atoms with Gasteiger partial charge in [0.2, 0.25) is 11.7 Å². The number of thioether (sulfide) groups is 1. The van der Waals surface area contributed by atoms with Gasteiger partial charge in [0.25, 0.3) is 0 Å². The van der Waals surface area contributed by atoms with Crippen LogP contribution in [-0.4, -0.2) is 52.0 Å². The van der Waals surface area contributed by atoms with Crippen molar-refractivity contribution in [2.45, 2.75) is 103 Å². The van der Waals surface area contributed by atoms with Crippen molar-refractivity contribution in [2.24, 2.45) is 16.9 Å². The molecule has 180 valence electrons. The number of amidine groups is 1. The van der Waals surface area contributed by atoms with Gasteiger partial charge >= 0.3 is 5.91 Å². The van der Waals surface area contributed by atoms with Crippen LogP contribution in [0.2, 0.25) is 0 Å². The Morgan fingerprint density at radius 2 is 1.62 bits per heavy atom. The predicted molar refractivity (Wildman–Crippen MR) is 129 cm³/mol. The first-order chi connectivity index (χ1) is 15.5. The van der Waals surface area contributed by atoms with E-state index in [2.05, 4.69) is 34.6 Å². The van der Waals surface area contributed by atoms with Crippen LogP contribution in [-0.2, 0) is 14.4 Å². The lowest BCUT2D eigenvalue weighted by atomic mass is 9.81. The molecule has 2 aliphatic carbocycles. The largest absolute Gasteiger partial charge is 0.346 e. The molecule has 3 fully saturated rings. The second-order valence-corrected chi connectivity index (χ2v) is 10.4. The predicted octanol–water partition coefficient (Wildman–Crippen LogP) is 3.83. The minimum atomic E-state index is -0.742. The van der Waals surface area contributed by atoms with Gasteiger partial charge in [0, 0.05) is 24.3 Å². The van der Waals surface area contributed by atoms with Gasteiger partial charge in [-0.05, 0) is 44.9 Å². The summed E-state index contributed by atoms with van der Waals surface area (Å²) in [4.78, 5) is 41.2. The molecule has 0 aromatic carbocycles. The first-order valence-electron chi connectivity index (χ1n) is 12.7. The Bertz CT molecular complexity index is 685. The molecule has 3 rings (SSSR count). The fraction of sp³-hybridized carbons (Fsp3) is 0.833. The zero-order valence-corrected chi connectivity index (χ0v) is 20.6. The fourth-order valence-electron chi connectivity index (χ4n) is 5.30. The molecule has 3 aliphatic rings. The van der Waals surface area contributed by atoms with Crippen molar-refractivity contribution in [1.29, 1.82) is 0 Å². The van der Waals surface area contributed by atoms with Crippen molar-refractivity contribution in [3.8, 4) is 0 Å². The molecule has 1 aliphatic heterocycles. The minimum absolute atomic E-state index is 0.0295. The molecule has 1 saturated heterocycles. The normalized spacial score (nSPS) is 25.4. The van der Waals surface area contributed by atoms with Crippen molar-refractivity contribution in [3.63, 3.8) is 0 Å². The molecule has 2 atom stereocenters. The average Bonchev–Trinajstić information content (AvgIpc) is 3.02. The third-order valence-electron chi connectivity index (χ3n) is 7.31. The molecule has 32 heavy (non-hydrogen) atoms. The summed E-state index contributed by atoms with van der Waals surface area (Å²) >= 11 is 1.61. The van der Waals surface area contributed by atoms with E-state index in [0.717, 1.165) is 81.7 Å². The van der Waals surface area contributed by atoms with E-state index in [9.17, 15) is 14.4 Å². The number of nitrogens with one attached hydrogen (secondary N) is 2. The van der Waals surface area contributed by atoms with E-state index in [1.165, 1.54) is 12.8 Å². The van der Waals surface area contributed by atoms with Gasteiger partial charge in [0.1, 0.15) is 6.04 Å². The van der Waals surface area contributed by atoms with Crippen molar-refractivity contribution >= 4 is 34.5 Å². The van der Waals surface area contributed by atoms with Crippen LogP contribution < -0.4 is 10.7 Å². The van der Waals surface area contributed by atoms with Gasteiger partial charge in [-0.1, -0.05) is 63.6 Å². The molecule has 0 aromatic rings. The second kappa shape index (κ2) is 12.6. The lowest BCUT2D eigenvalue weighted by molar-refractivity contribution is -0.141. The molecular formula is C24H40N4O3S. The Labute approximate surface area is 196 Å². The third kappa shape index (κ3) is 6.49. The Morgan fingerprint density at radius 1 is 1.00 bits per heavy atom. The summed E-state index contributed by atoms with van der Waals surface area (Å²) < 4.78 is 0. The molecule has 0 aromatic heterocycles. The molecule has 1 unspecified atom stereocenters. The summed E-state index contributed by atoms with van der Waals surface area (Å²) in [5, 5.41) is 8.05. The molecule has 1 heterocycles. The van der Waals surface area contributed by atoms with E-state index in [-0.39, 0.29) is 17.7 Å². The van der Waals surface area contributed by atoms with Crippen molar-refractivity contribution < 1.29 is 14.4 Å². The molecular weight excluding hydrogens is 424 g/mol. The topological polar surface area (TPSA) is 90.9 Å². The highest BCUT2D eigenvalue weighted by atomic mass is 32.2. The molecule has 7 nitrogen and oxygen atoms in total. The van der Waals surface area contributed by atoms with Gasteiger partial charge in [-0.3, -0.25) is 14.4 Å². The highest BCUT2D eigenvalue weighted by Crippen LogP contribution is 2.29. The standard InChI is InChI=1S/C24H40N4O3S/c1-3-19-16-32-24(28(19)4-2)27-26-23(31)21(29)20(17-12-10-7-11-13-17)25-22(30)18-14-8-5-6-9-15-18/h17-20H,3-16H2,1-2H3,(H,25,30)(H,26,31)/t19-,20?/m1/s1. The minimum Gasteiger partial charge on any atom is -0.346 e. The van der Waals surface area contributed by atoms with Crippen LogP contribution in [0.1, 0.15) is 90.9 Å². The first-order valence-corrected chi connectivity index (χ1v) is 13.6. The summed E-state index contributed by atoms with van der Waals surface area (Å²) in [5.41, 5.74) is 2.50. The van der Waals surface area contributed by atoms with Gasteiger partial charge in [0.15, 0.2) is 5.17 Å². The smallest absolute Gasteiger partial charge is 0.309 e. The van der Waals surface area contributed by atoms with Crippen LogP contribution in [0.4, 0.5) is 0 Å². The number of carbonyl (C=O) groups excluding carboxylic acids is 3. The van der Waals surface area contributed by atoms with Crippen molar-refractivity contribution in [2.75, 3.05) is 12.3 Å². The van der Waals surface area contributed by atoms with Crippen molar-refractivity contribution in [3.05, 3.63) is 0 Å². The molecule has 2 saturated carbocycles. The number of carbonyl (C=O) groups is 3. The van der Waals surface area contributed by atoms with Gasteiger partial charge in [-0.2, -0.15) is 0 Å². The SMILES string of the molecule is CC[C@@H]1CSC(=NNC(=O)C(=O)C(NC(=O)C2CCCCCC2)C2CCCCC2)N1CC. The number of nitrogens with zero attached hydrogens (tertiary/aromatic N) is 2. The Kier molecular flexibility index (Phi) is 9.88. The first kappa shape index (κ1) is 25.1. The van der Waals surface area contributed by atoms with E-state index in [1.54, 1.807) is 11.8 Å². The van der Waals surface area contributed by atoms with Gasteiger partial charge in [0.05, 0.1) is 0 Å². The van der Waals surface area contributed by atoms with Gasteiger partial charge < -0.3 is 10.2 Å². The fourth-order valence-corrected chi connectivity index (χ4v) is 6.61. The van der Waals surface area contributed by atoms with E-state index in [4.69, 9.17) is 0 Å².